The molecule has 196 valence electrons. The van der Waals surface area contributed by atoms with E-state index in [0.717, 1.165) is 31.2 Å². The van der Waals surface area contributed by atoms with E-state index in [0.29, 0.717) is 25.0 Å². The summed E-state index contributed by atoms with van der Waals surface area (Å²) in [5, 5.41) is 2.93. The highest BCUT2D eigenvalue weighted by molar-refractivity contribution is 5.78. The van der Waals surface area contributed by atoms with Crippen LogP contribution in [0.25, 0.3) is 0 Å². The van der Waals surface area contributed by atoms with Crippen molar-refractivity contribution in [3.63, 3.8) is 0 Å². The van der Waals surface area contributed by atoms with Gasteiger partial charge in [0.1, 0.15) is 5.82 Å². The number of nitrogens with one attached hydrogen (secondary N) is 1. The Labute approximate surface area is 204 Å². The fourth-order valence-electron chi connectivity index (χ4n) is 5.34. The molecular weight excluding hydrogens is 491 g/mol. The van der Waals surface area contributed by atoms with Crippen LogP contribution in [0, 0.1) is 11.7 Å². The van der Waals surface area contributed by atoms with Crippen LogP contribution in [-0.4, -0.2) is 18.1 Å². The van der Waals surface area contributed by atoms with Crippen LogP contribution in [0.2, 0.25) is 0 Å². The standard InChI is InChI=1S/C26H26F7NO2/c27-20-5-1-16(2-6-20)24-17(3-7-21-8-10-23(35)34-21)4-9-22(24)36-14-15-11-18(25(28,29)30)13-19(12-15)26(31,32)33/h1-2,5-6,11-13,17,21-22,24H,3-4,7-10,14H2,(H,34,35)/t17-,21+,22-,24-/m0/s1. The van der Waals surface area contributed by atoms with Crippen LogP contribution in [-0.2, 0) is 28.5 Å². The predicted molar refractivity (Wildman–Crippen MR) is 117 cm³/mol. The zero-order chi connectivity index (χ0) is 26.1. The summed E-state index contributed by atoms with van der Waals surface area (Å²) in [6, 6.07) is 7.45. The molecule has 1 heterocycles. The van der Waals surface area contributed by atoms with Crippen molar-refractivity contribution in [1.29, 1.82) is 0 Å². The van der Waals surface area contributed by atoms with Gasteiger partial charge in [-0.15, -0.1) is 0 Å². The number of amides is 1. The predicted octanol–water partition coefficient (Wildman–Crippen LogP) is 7.00. The monoisotopic (exact) mass is 517 g/mol. The summed E-state index contributed by atoms with van der Waals surface area (Å²) >= 11 is 0. The number of benzene rings is 2. The number of ether oxygens (including phenoxy) is 1. The molecule has 1 aliphatic heterocycles. The van der Waals surface area contributed by atoms with Crippen molar-refractivity contribution < 1.29 is 40.3 Å². The van der Waals surface area contributed by atoms with Gasteiger partial charge in [-0.25, -0.2) is 4.39 Å². The Morgan fingerprint density at radius 1 is 0.861 bits per heavy atom. The average molecular weight is 517 g/mol. The number of carbonyl (C=O) groups excluding carboxylic acids is 1. The van der Waals surface area contributed by atoms with E-state index in [1.807, 2.05) is 0 Å². The Morgan fingerprint density at radius 3 is 2.06 bits per heavy atom. The van der Waals surface area contributed by atoms with Gasteiger partial charge in [-0.2, -0.15) is 26.3 Å². The first-order valence-corrected chi connectivity index (χ1v) is 11.8. The van der Waals surface area contributed by atoms with Crippen LogP contribution in [0.1, 0.15) is 66.7 Å². The van der Waals surface area contributed by atoms with Crippen LogP contribution < -0.4 is 5.32 Å². The first kappa shape index (κ1) is 26.4. The maximum Gasteiger partial charge on any atom is 0.416 e. The SMILES string of the molecule is O=C1CC[C@@H](CC[C@H]2CC[C@H](OCc3cc(C(F)(F)F)cc(C(F)(F)F)c3)[C@H]2c2ccc(F)cc2)N1. The van der Waals surface area contributed by atoms with Gasteiger partial charge in [0.25, 0.3) is 0 Å². The minimum absolute atomic E-state index is 0.0158. The summed E-state index contributed by atoms with van der Waals surface area (Å²) in [7, 11) is 0. The third-order valence-corrected chi connectivity index (χ3v) is 7.07. The third-order valence-electron chi connectivity index (χ3n) is 7.07. The zero-order valence-electron chi connectivity index (χ0n) is 19.3. The Bertz CT molecular complexity index is 1030. The lowest BCUT2D eigenvalue weighted by atomic mass is 9.84. The molecular formula is C26H26F7NO2. The second-order valence-corrected chi connectivity index (χ2v) is 9.56. The van der Waals surface area contributed by atoms with E-state index < -0.39 is 42.0 Å². The lowest BCUT2D eigenvalue weighted by Gasteiger charge is -2.27. The van der Waals surface area contributed by atoms with Crippen molar-refractivity contribution in [2.45, 2.75) is 75.5 Å². The van der Waals surface area contributed by atoms with E-state index in [9.17, 15) is 35.5 Å². The smallest absolute Gasteiger partial charge is 0.373 e. The Kier molecular flexibility index (Phi) is 7.64. The van der Waals surface area contributed by atoms with Crippen LogP contribution in [0.15, 0.2) is 42.5 Å². The van der Waals surface area contributed by atoms with E-state index >= 15 is 0 Å². The van der Waals surface area contributed by atoms with Gasteiger partial charge in [-0.05, 0) is 79.5 Å². The number of carbonyl (C=O) groups is 1. The number of hydrogen-bond acceptors (Lipinski definition) is 2. The lowest BCUT2D eigenvalue weighted by molar-refractivity contribution is -0.143. The number of halogens is 7. The minimum Gasteiger partial charge on any atom is -0.373 e. The summed E-state index contributed by atoms with van der Waals surface area (Å²) in [6.45, 7) is -0.416. The van der Waals surface area contributed by atoms with Crippen molar-refractivity contribution >= 4 is 5.91 Å². The van der Waals surface area contributed by atoms with Gasteiger partial charge in [0.05, 0.1) is 23.8 Å². The first-order valence-electron chi connectivity index (χ1n) is 11.8. The molecule has 0 radical (unpaired) electrons. The maximum atomic E-state index is 13.5. The molecule has 1 aliphatic carbocycles. The highest BCUT2D eigenvalue weighted by Gasteiger charge is 2.39. The second-order valence-electron chi connectivity index (χ2n) is 9.56. The summed E-state index contributed by atoms with van der Waals surface area (Å²) in [4.78, 5) is 11.5. The topological polar surface area (TPSA) is 38.3 Å². The molecule has 10 heteroatoms. The summed E-state index contributed by atoms with van der Waals surface area (Å²) in [6.07, 6.45) is -6.26. The van der Waals surface area contributed by atoms with Gasteiger partial charge in [-0.1, -0.05) is 12.1 Å². The van der Waals surface area contributed by atoms with Crippen LogP contribution >= 0.6 is 0 Å². The number of alkyl halides is 6. The maximum absolute atomic E-state index is 13.5. The van der Waals surface area contributed by atoms with Gasteiger partial charge in [-0.3, -0.25) is 4.79 Å². The molecule has 36 heavy (non-hydrogen) atoms. The van der Waals surface area contributed by atoms with Gasteiger partial charge < -0.3 is 10.1 Å². The number of hydrogen-bond donors (Lipinski definition) is 1. The van der Waals surface area contributed by atoms with E-state index in [1.165, 1.54) is 12.1 Å². The Balaban J connectivity index is 1.52. The molecule has 0 bridgehead atoms. The molecule has 0 unspecified atom stereocenters. The second kappa shape index (κ2) is 10.4. The fraction of sp³-hybridized carbons (Fsp3) is 0.500. The Hall–Kier alpha value is -2.62. The molecule has 0 spiro atoms. The molecule has 1 saturated heterocycles. The normalized spacial score (nSPS) is 24.8. The van der Waals surface area contributed by atoms with Crippen LogP contribution in [0.4, 0.5) is 30.7 Å². The highest BCUT2D eigenvalue weighted by atomic mass is 19.4. The third kappa shape index (κ3) is 6.38. The van der Waals surface area contributed by atoms with E-state index in [4.69, 9.17) is 4.74 Å². The highest BCUT2D eigenvalue weighted by Crippen LogP contribution is 2.45. The fourth-order valence-corrected chi connectivity index (χ4v) is 5.34. The van der Waals surface area contributed by atoms with Gasteiger partial charge in [0.15, 0.2) is 0 Å². The molecule has 0 aromatic heterocycles. The van der Waals surface area contributed by atoms with Crippen molar-refractivity contribution in [3.05, 3.63) is 70.5 Å². The molecule has 4 rings (SSSR count). The minimum atomic E-state index is -4.93. The van der Waals surface area contributed by atoms with Crippen molar-refractivity contribution in [1.82, 2.24) is 5.32 Å². The molecule has 2 fully saturated rings. The average Bonchev–Trinajstić information content (AvgIpc) is 3.41. The number of rotatable bonds is 7. The molecule has 1 N–H and O–H groups in total. The molecule has 2 aliphatic rings. The quantitative estimate of drug-likeness (QED) is 0.402. The van der Waals surface area contributed by atoms with Crippen LogP contribution in [0.3, 0.4) is 0 Å². The first-order chi connectivity index (χ1) is 16.9. The van der Waals surface area contributed by atoms with Crippen molar-refractivity contribution in [3.8, 4) is 0 Å². The van der Waals surface area contributed by atoms with E-state index in [1.54, 1.807) is 12.1 Å². The van der Waals surface area contributed by atoms with E-state index in [2.05, 4.69) is 5.32 Å². The van der Waals surface area contributed by atoms with Gasteiger partial charge in [0, 0.05) is 18.4 Å². The lowest BCUT2D eigenvalue weighted by Crippen LogP contribution is -2.27. The molecule has 2 aromatic carbocycles. The van der Waals surface area contributed by atoms with Crippen molar-refractivity contribution in [2.75, 3.05) is 0 Å². The van der Waals surface area contributed by atoms with Gasteiger partial charge in [0.2, 0.25) is 5.91 Å². The summed E-state index contributed by atoms with van der Waals surface area (Å²) < 4.78 is 98.8. The van der Waals surface area contributed by atoms with Crippen LogP contribution in [0.5, 0.6) is 0 Å². The molecule has 1 saturated carbocycles. The Morgan fingerprint density at radius 2 is 1.50 bits per heavy atom. The zero-order valence-corrected chi connectivity index (χ0v) is 19.3. The van der Waals surface area contributed by atoms with Crippen molar-refractivity contribution in [2.24, 2.45) is 5.92 Å². The molecule has 1 amide bonds. The van der Waals surface area contributed by atoms with E-state index in [-0.39, 0.29) is 35.4 Å². The molecule has 3 nitrogen and oxygen atoms in total. The molecule has 2 aromatic rings. The summed E-state index contributed by atoms with van der Waals surface area (Å²) in [5.74, 6) is -0.481. The molecule has 4 atom stereocenters. The summed E-state index contributed by atoms with van der Waals surface area (Å²) in [5.41, 5.74) is -2.17. The largest absolute Gasteiger partial charge is 0.416 e. The van der Waals surface area contributed by atoms with Gasteiger partial charge >= 0.3 is 12.4 Å².